The molecule has 1 aliphatic rings. The average molecular weight is 1020 g/mol. The predicted molar refractivity (Wildman–Crippen MR) is 330 cm³/mol. The van der Waals surface area contributed by atoms with Crippen LogP contribution in [-0.4, -0.2) is 18.3 Å². The molecule has 376 valence electrons. The summed E-state index contributed by atoms with van der Waals surface area (Å²) in [5, 5.41) is 30.1. The van der Waals surface area contributed by atoms with Crippen molar-refractivity contribution in [3.63, 3.8) is 0 Å². The third kappa shape index (κ3) is 6.70. The van der Waals surface area contributed by atoms with Crippen LogP contribution in [0.3, 0.4) is 0 Å². The molecular weight excluding hydrogens is 973 g/mol. The van der Waals surface area contributed by atoms with Crippen molar-refractivity contribution in [3.8, 4) is 57.1 Å². The van der Waals surface area contributed by atoms with Gasteiger partial charge in [0.15, 0.2) is 0 Å². The van der Waals surface area contributed by atoms with Crippen molar-refractivity contribution in [2.75, 3.05) is 0 Å². The van der Waals surface area contributed by atoms with E-state index < -0.39 is 0 Å². The highest BCUT2D eigenvalue weighted by atomic mass is 15.0. The topological polar surface area (TPSA) is 67.3 Å². The lowest BCUT2D eigenvalue weighted by Crippen LogP contribution is -2.13. The van der Waals surface area contributed by atoms with Crippen molar-refractivity contribution in [1.82, 2.24) is 18.3 Å². The Labute approximate surface area is 462 Å². The lowest BCUT2D eigenvalue weighted by atomic mass is 9.76. The van der Waals surface area contributed by atoms with Crippen molar-refractivity contribution in [3.05, 3.63) is 253 Å². The molecule has 15 aromatic rings. The minimum Gasteiger partial charge on any atom is -0.309 e. The zero-order chi connectivity index (χ0) is 53.0. The summed E-state index contributed by atoms with van der Waals surface area (Å²) in [5.41, 5.74) is 20.4. The van der Waals surface area contributed by atoms with E-state index in [1.165, 1.54) is 55.1 Å². The second-order valence-corrected chi connectivity index (χ2v) is 21.6. The molecule has 80 heavy (non-hydrogen) atoms. The number of nitrogens with zero attached hydrogens (tertiary/aromatic N) is 6. The highest BCUT2D eigenvalue weighted by molar-refractivity contribution is 6.28. The van der Waals surface area contributed by atoms with Gasteiger partial charge in [0.1, 0.15) is 0 Å². The Bertz CT molecular complexity index is 4780. The van der Waals surface area contributed by atoms with Crippen molar-refractivity contribution in [2.45, 2.75) is 38.0 Å². The van der Waals surface area contributed by atoms with Crippen LogP contribution in [0.15, 0.2) is 237 Å². The zero-order valence-corrected chi connectivity index (χ0v) is 43.8. The fourth-order valence-corrected chi connectivity index (χ4v) is 14.1. The average Bonchev–Trinajstić information content (AvgIpc) is 4.36. The van der Waals surface area contributed by atoms with Gasteiger partial charge in [-0.3, -0.25) is 0 Å². The van der Waals surface area contributed by atoms with Gasteiger partial charge in [0.2, 0.25) is 0 Å². The van der Waals surface area contributed by atoms with Gasteiger partial charge < -0.3 is 18.3 Å². The van der Waals surface area contributed by atoms with Crippen LogP contribution in [-0.2, 0) is 0 Å². The molecule has 4 aromatic heterocycles. The lowest BCUT2D eigenvalue weighted by molar-refractivity contribution is 0.445. The summed E-state index contributed by atoms with van der Waals surface area (Å²) in [6.45, 7) is 0. The number of para-hydroxylation sites is 6. The van der Waals surface area contributed by atoms with Gasteiger partial charge >= 0.3 is 0 Å². The fraction of sp³-hybridized carbons (Fsp3) is 0.0811. The van der Waals surface area contributed by atoms with Gasteiger partial charge in [-0.25, -0.2) is 0 Å². The lowest BCUT2D eigenvalue weighted by Gasteiger charge is -2.32. The number of benzene rings is 11. The van der Waals surface area contributed by atoms with Gasteiger partial charge in [-0.2, -0.15) is 10.5 Å². The van der Waals surface area contributed by atoms with Gasteiger partial charge in [0.05, 0.1) is 78.8 Å². The fourth-order valence-electron chi connectivity index (χ4n) is 14.1. The first-order valence-electron chi connectivity index (χ1n) is 27.9. The van der Waals surface area contributed by atoms with Gasteiger partial charge in [-0.15, -0.1) is 0 Å². The van der Waals surface area contributed by atoms with E-state index in [4.69, 9.17) is 0 Å². The van der Waals surface area contributed by atoms with Crippen LogP contribution in [0.5, 0.6) is 0 Å². The molecule has 0 unspecified atom stereocenters. The standard InChI is InChI=1S/C74H50N6/c75-45-47-32-36-50(37-33-47)68-66(79-60-28-14-10-24-54(60)56-40-42-64-71(73(56)79)58-26-12-16-30-62(58)77(64)52-20-6-2-7-21-52)44-67(69(51-38-34-48(46-76)35-39-51)70(68)49-18-4-1-5-19-49)80-61-29-15-11-25-55(61)57-41-43-65-72(74(57)80)59-27-13-17-31-63(59)78(65)53-22-8-3-9-23-53/h2-3,6-17,20-44,49H,1,4-5,18-19H2. The van der Waals surface area contributed by atoms with Crippen molar-refractivity contribution in [1.29, 1.82) is 10.5 Å². The Balaban J connectivity index is 1.17. The maximum atomic E-state index is 10.3. The van der Waals surface area contributed by atoms with E-state index in [-0.39, 0.29) is 5.92 Å². The molecule has 0 radical (unpaired) electrons. The summed E-state index contributed by atoms with van der Waals surface area (Å²) in [5.74, 6) is 0.181. The third-order valence-corrected chi connectivity index (χ3v) is 17.4. The Morgan fingerprint density at radius 3 is 1.11 bits per heavy atom. The van der Waals surface area contributed by atoms with E-state index in [0.717, 1.165) is 115 Å². The molecule has 1 aliphatic carbocycles. The van der Waals surface area contributed by atoms with Crippen LogP contribution in [0.1, 0.15) is 54.7 Å². The first kappa shape index (κ1) is 45.8. The Hall–Kier alpha value is -10.4. The molecule has 6 nitrogen and oxygen atoms in total. The molecular formula is C74H50N6. The number of hydrogen-bond acceptors (Lipinski definition) is 2. The van der Waals surface area contributed by atoms with Crippen LogP contribution < -0.4 is 0 Å². The summed E-state index contributed by atoms with van der Waals surface area (Å²) in [6, 6.07) is 90.6. The molecule has 1 fully saturated rings. The molecule has 11 aromatic carbocycles. The van der Waals surface area contributed by atoms with E-state index in [1.807, 2.05) is 24.3 Å². The van der Waals surface area contributed by atoms with Crippen molar-refractivity contribution >= 4 is 87.2 Å². The maximum absolute atomic E-state index is 10.3. The van der Waals surface area contributed by atoms with E-state index in [2.05, 4.69) is 243 Å². The zero-order valence-electron chi connectivity index (χ0n) is 43.8. The molecule has 0 bridgehead atoms. The number of nitriles is 2. The number of fused-ring (bicyclic) bond motifs is 14. The van der Waals surface area contributed by atoms with Crippen LogP contribution >= 0.6 is 0 Å². The van der Waals surface area contributed by atoms with Crippen LogP contribution in [0, 0.1) is 22.7 Å². The quantitative estimate of drug-likeness (QED) is 0.160. The Kier molecular flexibility index (Phi) is 10.4. The highest BCUT2D eigenvalue weighted by Crippen LogP contribution is 2.53. The largest absolute Gasteiger partial charge is 0.309 e. The Morgan fingerprint density at radius 1 is 0.325 bits per heavy atom. The first-order valence-corrected chi connectivity index (χ1v) is 27.9. The van der Waals surface area contributed by atoms with Crippen LogP contribution in [0.4, 0.5) is 0 Å². The van der Waals surface area contributed by atoms with Crippen molar-refractivity contribution < 1.29 is 0 Å². The van der Waals surface area contributed by atoms with Crippen molar-refractivity contribution in [2.24, 2.45) is 0 Å². The summed E-state index contributed by atoms with van der Waals surface area (Å²) in [4.78, 5) is 0. The number of hydrogen-bond donors (Lipinski definition) is 0. The third-order valence-electron chi connectivity index (χ3n) is 17.4. The minimum absolute atomic E-state index is 0.181. The smallest absolute Gasteiger partial charge is 0.0991 e. The van der Waals surface area contributed by atoms with Gasteiger partial charge in [0, 0.05) is 65.6 Å². The second kappa shape index (κ2) is 18.1. The van der Waals surface area contributed by atoms with Gasteiger partial charge in [-0.05, 0) is 126 Å². The molecule has 6 heteroatoms. The van der Waals surface area contributed by atoms with E-state index in [0.29, 0.717) is 11.1 Å². The van der Waals surface area contributed by atoms with Crippen LogP contribution in [0.2, 0.25) is 0 Å². The summed E-state index contributed by atoms with van der Waals surface area (Å²) in [6.07, 6.45) is 5.48. The number of rotatable bonds is 7. The Morgan fingerprint density at radius 2 is 0.700 bits per heavy atom. The second-order valence-electron chi connectivity index (χ2n) is 21.6. The first-order chi connectivity index (χ1) is 39.7. The number of aromatic nitrogens is 4. The minimum atomic E-state index is 0.181. The molecule has 1 saturated carbocycles. The normalized spacial score (nSPS) is 13.2. The molecule has 0 saturated heterocycles. The molecule has 0 amide bonds. The summed E-state index contributed by atoms with van der Waals surface area (Å²) >= 11 is 0. The predicted octanol–water partition coefficient (Wildman–Crippen LogP) is 19.2. The SMILES string of the molecule is N#Cc1ccc(-c2c(-n3c4ccccc4c4ccc5c(c6ccccc6n5-c5ccccc5)c43)cc(-n3c4ccccc4c4ccc5c(c6ccccc6n5-c5ccccc5)c43)c(-c3ccc(C#N)cc3)c2C2CCCCC2)cc1. The molecule has 0 spiro atoms. The van der Waals surface area contributed by atoms with E-state index >= 15 is 0 Å². The molecule has 0 N–H and O–H groups in total. The summed E-state index contributed by atoms with van der Waals surface area (Å²) < 4.78 is 10.1. The molecule has 0 atom stereocenters. The highest BCUT2D eigenvalue weighted by Gasteiger charge is 2.33. The molecule has 0 aliphatic heterocycles. The monoisotopic (exact) mass is 1020 g/mol. The van der Waals surface area contributed by atoms with Gasteiger partial charge in [0.25, 0.3) is 0 Å². The molecule has 16 rings (SSSR count). The van der Waals surface area contributed by atoms with E-state index in [9.17, 15) is 10.5 Å². The van der Waals surface area contributed by atoms with Gasteiger partial charge in [-0.1, -0.05) is 165 Å². The summed E-state index contributed by atoms with van der Waals surface area (Å²) in [7, 11) is 0. The van der Waals surface area contributed by atoms with E-state index in [1.54, 1.807) is 0 Å². The molecule has 4 heterocycles. The maximum Gasteiger partial charge on any atom is 0.0991 e. The van der Waals surface area contributed by atoms with Crippen LogP contribution in [0.25, 0.3) is 132 Å².